The maximum Gasteiger partial charge on any atom is 0.163 e. The molecule has 84 valence electrons. The molecule has 0 bridgehead atoms. The second-order valence-corrected chi connectivity index (χ2v) is 4.00. The van der Waals surface area contributed by atoms with Gasteiger partial charge < -0.3 is 19.3 Å². The SMILES string of the molecule is CC1(C)OC[C@H](CO)O1.CC[C@H]1CO1. The van der Waals surface area contributed by atoms with Crippen LogP contribution in [0, 0.1) is 0 Å². The van der Waals surface area contributed by atoms with Crippen LogP contribution in [-0.2, 0) is 14.2 Å². The van der Waals surface area contributed by atoms with Crippen LogP contribution in [0.3, 0.4) is 0 Å². The monoisotopic (exact) mass is 204 g/mol. The van der Waals surface area contributed by atoms with E-state index in [1.165, 1.54) is 6.42 Å². The van der Waals surface area contributed by atoms with Gasteiger partial charge in [-0.2, -0.15) is 0 Å². The molecule has 0 radical (unpaired) electrons. The largest absolute Gasteiger partial charge is 0.394 e. The van der Waals surface area contributed by atoms with Crippen molar-refractivity contribution in [2.45, 2.75) is 45.2 Å². The Morgan fingerprint density at radius 1 is 1.29 bits per heavy atom. The number of epoxide rings is 1. The van der Waals surface area contributed by atoms with Gasteiger partial charge in [-0.05, 0) is 20.3 Å². The highest BCUT2D eigenvalue weighted by atomic mass is 16.7. The molecule has 0 amide bonds. The van der Waals surface area contributed by atoms with E-state index in [0.717, 1.165) is 6.61 Å². The number of hydrogen-bond acceptors (Lipinski definition) is 4. The molecule has 0 aliphatic carbocycles. The molecule has 4 nitrogen and oxygen atoms in total. The molecule has 0 saturated carbocycles. The summed E-state index contributed by atoms with van der Waals surface area (Å²) in [6.45, 7) is 7.37. The average molecular weight is 204 g/mol. The molecule has 14 heavy (non-hydrogen) atoms. The molecule has 2 aliphatic heterocycles. The molecule has 2 rings (SSSR count). The number of hydrogen-bond donors (Lipinski definition) is 1. The number of aliphatic hydroxyl groups is 1. The molecule has 4 heteroatoms. The van der Waals surface area contributed by atoms with Crippen LogP contribution in [0.1, 0.15) is 27.2 Å². The van der Waals surface area contributed by atoms with Crippen molar-refractivity contribution in [3.63, 3.8) is 0 Å². The summed E-state index contributed by atoms with van der Waals surface area (Å²) in [7, 11) is 0. The van der Waals surface area contributed by atoms with Crippen LogP contribution in [-0.4, -0.2) is 42.9 Å². The lowest BCUT2D eigenvalue weighted by Gasteiger charge is -2.15. The Bertz CT molecular complexity index is 166. The van der Waals surface area contributed by atoms with Crippen LogP contribution in [0.4, 0.5) is 0 Å². The molecule has 2 heterocycles. The predicted octanol–water partition coefficient (Wildman–Crippen LogP) is 0.925. The second-order valence-electron chi connectivity index (χ2n) is 4.00. The minimum atomic E-state index is -0.493. The maximum absolute atomic E-state index is 8.59. The Morgan fingerprint density at radius 3 is 2.07 bits per heavy atom. The van der Waals surface area contributed by atoms with Crippen LogP contribution in [0.15, 0.2) is 0 Å². The Labute approximate surface area is 85.2 Å². The van der Waals surface area contributed by atoms with Crippen molar-refractivity contribution >= 4 is 0 Å². The lowest BCUT2D eigenvalue weighted by atomic mass is 10.4. The van der Waals surface area contributed by atoms with E-state index in [0.29, 0.717) is 12.7 Å². The van der Waals surface area contributed by atoms with Gasteiger partial charge in [0.05, 0.1) is 25.9 Å². The molecule has 1 N–H and O–H groups in total. The van der Waals surface area contributed by atoms with Crippen molar-refractivity contribution in [3.8, 4) is 0 Å². The van der Waals surface area contributed by atoms with Gasteiger partial charge in [-0.3, -0.25) is 0 Å². The maximum atomic E-state index is 8.59. The summed E-state index contributed by atoms with van der Waals surface area (Å²) in [5, 5.41) is 8.59. The van der Waals surface area contributed by atoms with Crippen molar-refractivity contribution in [1.82, 2.24) is 0 Å². The second kappa shape index (κ2) is 5.07. The van der Waals surface area contributed by atoms with E-state index in [1.54, 1.807) is 0 Å². The van der Waals surface area contributed by atoms with Gasteiger partial charge in [0, 0.05) is 0 Å². The van der Waals surface area contributed by atoms with Crippen molar-refractivity contribution in [2.75, 3.05) is 19.8 Å². The average Bonchev–Trinajstić information content (AvgIpc) is 2.91. The van der Waals surface area contributed by atoms with Crippen LogP contribution in [0.2, 0.25) is 0 Å². The summed E-state index contributed by atoms with van der Waals surface area (Å²) in [6.07, 6.45) is 1.70. The van der Waals surface area contributed by atoms with Crippen LogP contribution in [0.5, 0.6) is 0 Å². The van der Waals surface area contributed by atoms with Crippen molar-refractivity contribution in [2.24, 2.45) is 0 Å². The normalized spacial score (nSPS) is 33.4. The quantitative estimate of drug-likeness (QED) is 0.680. The lowest BCUT2D eigenvalue weighted by molar-refractivity contribution is -0.142. The fourth-order valence-electron chi connectivity index (χ4n) is 1.16. The van der Waals surface area contributed by atoms with Crippen LogP contribution < -0.4 is 0 Å². The third kappa shape index (κ3) is 4.37. The van der Waals surface area contributed by atoms with Gasteiger partial charge in [0.15, 0.2) is 5.79 Å². The summed E-state index contributed by atoms with van der Waals surface area (Å²) < 4.78 is 15.2. The van der Waals surface area contributed by atoms with Crippen molar-refractivity contribution in [3.05, 3.63) is 0 Å². The van der Waals surface area contributed by atoms with Gasteiger partial charge in [-0.15, -0.1) is 0 Å². The van der Waals surface area contributed by atoms with Gasteiger partial charge in [-0.25, -0.2) is 0 Å². The first-order valence-corrected chi connectivity index (χ1v) is 5.11. The molecule has 2 atom stereocenters. The first kappa shape index (κ1) is 11.9. The van der Waals surface area contributed by atoms with E-state index in [-0.39, 0.29) is 12.7 Å². The van der Waals surface area contributed by atoms with E-state index in [4.69, 9.17) is 19.3 Å². The van der Waals surface area contributed by atoms with Gasteiger partial charge >= 0.3 is 0 Å². The van der Waals surface area contributed by atoms with Crippen molar-refractivity contribution in [1.29, 1.82) is 0 Å². The highest BCUT2D eigenvalue weighted by molar-refractivity contribution is 4.69. The van der Waals surface area contributed by atoms with Crippen LogP contribution >= 0.6 is 0 Å². The van der Waals surface area contributed by atoms with Crippen LogP contribution in [0.25, 0.3) is 0 Å². The highest BCUT2D eigenvalue weighted by Crippen LogP contribution is 2.21. The van der Waals surface area contributed by atoms with Gasteiger partial charge in [0.1, 0.15) is 6.10 Å². The lowest BCUT2D eigenvalue weighted by Crippen LogP contribution is -2.22. The van der Waals surface area contributed by atoms with Gasteiger partial charge in [0.2, 0.25) is 0 Å². The van der Waals surface area contributed by atoms with Gasteiger partial charge in [0.25, 0.3) is 0 Å². The summed E-state index contributed by atoms with van der Waals surface area (Å²) in [5.74, 6) is -0.493. The summed E-state index contributed by atoms with van der Waals surface area (Å²) >= 11 is 0. The van der Waals surface area contributed by atoms with E-state index in [2.05, 4.69) is 6.92 Å². The molecule has 2 aliphatic rings. The molecular weight excluding hydrogens is 184 g/mol. The van der Waals surface area contributed by atoms with Crippen molar-refractivity contribution < 1.29 is 19.3 Å². The molecular formula is C10H20O4. The molecule has 0 unspecified atom stereocenters. The number of ether oxygens (including phenoxy) is 3. The number of rotatable bonds is 2. The molecule has 2 fully saturated rings. The fraction of sp³-hybridized carbons (Fsp3) is 1.00. The van der Waals surface area contributed by atoms with E-state index < -0.39 is 5.79 Å². The smallest absolute Gasteiger partial charge is 0.163 e. The molecule has 0 aromatic carbocycles. The Hall–Kier alpha value is -0.160. The molecule has 2 saturated heterocycles. The first-order valence-electron chi connectivity index (χ1n) is 5.11. The zero-order valence-corrected chi connectivity index (χ0v) is 9.16. The summed E-state index contributed by atoms with van der Waals surface area (Å²) in [4.78, 5) is 0. The molecule has 0 spiro atoms. The topological polar surface area (TPSA) is 51.2 Å². The standard InChI is InChI=1S/C6H12O3.C4H8O/c1-6(2)8-4-5(3-7)9-6;1-2-4-3-5-4/h5,7H,3-4H2,1-2H3;4H,2-3H2,1H3/t5-;4-/m00/s1. The van der Waals surface area contributed by atoms with E-state index in [9.17, 15) is 0 Å². The third-order valence-electron chi connectivity index (χ3n) is 2.13. The number of aliphatic hydroxyl groups excluding tert-OH is 1. The zero-order valence-electron chi connectivity index (χ0n) is 9.16. The molecule has 0 aromatic heterocycles. The summed E-state index contributed by atoms with van der Waals surface area (Å²) in [5.41, 5.74) is 0. The summed E-state index contributed by atoms with van der Waals surface area (Å²) in [6, 6.07) is 0. The fourth-order valence-corrected chi connectivity index (χ4v) is 1.16. The Balaban J connectivity index is 0.000000165. The minimum absolute atomic E-state index is 0.0451. The third-order valence-corrected chi connectivity index (χ3v) is 2.13. The van der Waals surface area contributed by atoms with E-state index >= 15 is 0 Å². The highest BCUT2D eigenvalue weighted by Gasteiger charge is 2.31. The Kier molecular flexibility index (Phi) is 4.31. The predicted molar refractivity (Wildman–Crippen MR) is 52.0 cm³/mol. The molecule has 0 aromatic rings. The first-order chi connectivity index (χ1) is 6.57. The van der Waals surface area contributed by atoms with E-state index in [1.807, 2.05) is 13.8 Å². The Morgan fingerprint density at radius 2 is 1.93 bits per heavy atom. The van der Waals surface area contributed by atoms with Gasteiger partial charge in [-0.1, -0.05) is 6.92 Å². The zero-order chi connectivity index (χ0) is 10.6. The minimum Gasteiger partial charge on any atom is -0.394 e.